The Morgan fingerprint density at radius 2 is 1.97 bits per heavy atom. The second-order valence-electron chi connectivity index (χ2n) is 11.5. The summed E-state index contributed by atoms with van der Waals surface area (Å²) in [6.45, 7) is 1.56. The average Bonchev–Trinajstić information content (AvgIpc) is 3.45. The molecule has 1 spiro atoms. The van der Waals surface area contributed by atoms with Crippen molar-refractivity contribution in [3.8, 4) is 5.75 Å². The van der Waals surface area contributed by atoms with Crippen molar-refractivity contribution in [1.29, 1.82) is 0 Å². The number of likely N-dealkylation sites (tertiary alicyclic amines) is 1. The van der Waals surface area contributed by atoms with Gasteiger partial charge < -0.3 is 15.5 Å². The molecule has 34 heavy (non-hydrogen) atoms. The number of hydrogen-bond acceptors (Lipinski definition) is 5. The van der Waals surface area contributed by atoms with Crippen LogP contribution in [0.1, 0.15) is 55.2 Å². The van der Waals surface area contributed by atoms with Gasteiger partial charge in [-0.15, -0.1) is 0 Å². The molecule has 6 heteroatoms. The number of nitrogens with one attached hydrogen (secondary N) is 1. The summed E-state index contributed by atoms with van der Waals surface area (Å²) in [5.74, 6) is 1.17. The first-order chi connectivity index (χ1) is 16.5. The number of benzene rings is 1. The molecule has 0 radical (unpaired) electrons. The fourth-order valence-corrected chi connectivity index (χ4v) is 8.39. The number of carbonyl (C=O) groups is 1. The van der Waals surface area contributed by atoms with Crippen molar-refractivity contribution in [2.75, 3.05) is 6.54 Å². The van der Waals surface area contributed by atoms with Gasteiger partial charge in [-0.05, 0) is 97.7 Å². The average molecular weight is 460 g/mol. The molecular weight excluding hydrogens is 426 g/mol. The summed E-state index contributed by atoms with van der Waals surface area (Å²) in [4.78, 5) is 20.1. The minimum Gasteiger partial charge on any atom is -0.508 e. The third-order valence-corrected chi connectivity index (χ3v) is 9.89. The predicted molar refractivity (Wildman–Crippen MR) is 127 cm³/mol. The Hall–Kier alpha value is -2.44. The number of phenolic OH excluding ortho intramolecular Hbond substituents is 1. The van der Waals surface area contributed by atoms with E-state index in [0.29, 0.717) is 31.3 Å². The molecule has 3 unspecified atom stereocenters. The van der Waals surface area contributed by atoms with E-state index in [9.17, 15) is 15.0 Å². The summed E-state index contributed by atoms with van der Waals surface area (Å²) in [7, 11) is 0. The zero-order valence-corrected chi connectivity index (χ0v) is 19.5. The van der Waals surface area contributed by atoms with Gasteiger partial charge in [0.25, 0.3) is 0 Å². The lowest BCUT2D eigenvalue weighted by Crippen LogP contribution is -2.64. The zero-order valence-electron chi connectivity index (χ0n) is 19.5. The fourth-order valence-electron chi connectivity index (χ4n) is 8.39. The van der Waals surface area contributed by atoms with Gasteiger partial charge >= 0.3 is 0 Å². The molecule has 4 fully saturated rings. The molecule has 1 aromatic carbocycles. The molecule has 2 heterocycles. The van der Waals surface area contributed by atoms with Crippen LogP contribution in [-0.2, 0) is 23.2 Å². The number of aromatic nitrogens is 1. The molecule has 6 nitrogen and oxygen atoms in total. The van der Waals surface area contributed by atoms with Gasteiger partial charge in [0.2, 0.25) is 5.91 Å². The van der Waals surface area contributed by atoms with E-state index in [0.717, 1.165) is 42.9 Å². The van der Waals surface area contributed by atoms with Gasteiger partial charge in [0.05, 0.1) is 5.60 Å². The monoisotopic (exact) mass is 459 g/mol. The Morgan fingerprint density at radius 3 is 2.76 bits per heavy atom. The number of phenols is 1. The molecule has 1 aliphatic heterocycles. The molecule has 2 aromatic rings. The van der Waals surface area contributed by atoms with Crippen molar-refractivity contribution in [2.24, 2.45) is 17.8 Å². The number of fused-ring (bicyclic) bond motifs is 3. The van der Waals surface area contributed by atoms with E-state index in [1.807, 2.05) is 18.2 Å². The molecular formula is C28H33N3O3. The van der Waals surface area contributed by atoms with E-state index in [-0.39, 0.29) is 23.6 Å². The normalized spacial score (nSPS) is 37.8. The van der Waals surface area contributed by atoms with Crippen LogP contribution in [0, 0.1) is 17.8 Å². The highest BCUT2D eigenvalue weighted by Gasteiger charge is 2.77. The Balaban J connectivity index is 1.26. The van der Waals surface area contributed by atoms with Gasteiger partial charge in [0, 0.05) is 48.9 Å². The second kappa shape index (κ2) is 7.28. The van der Waals surface area contributed by atoms with Crippen molar-refractivity contribution in [2.45, 2.75) is 74.6 Å². The van der Waals surface area contributed by atoms with Crippen LogP contribution in [0.4, 0.5) is 0 Å². The maximum Gasteiger partial charge on any atom is 0.223 e. The van der Waals surface area contributed by atoms with Crippen LogP contribution >= 0.6 is 0 Å². The molecule has 4 aliphatic carbocycles. The van der Waals surface area contributed by atoms with Crippen LogP contribution in [0.3, 0.4) is 0 Å². The molecule has 1 saturated heterocycles. The van der Waals surface area contributed by atoms with E-state index < -0.39 is 11.0 Å². The van der Waals surface area contributed by atoms with Gasteiger partial charge in [0.15, 0.2) is 0 Å². The molecule has 3 N–H and O–H groups in total. The lowest BCUT2D eigenvalue weighted by molar-refractivity contribution is -0.126. The van der Waals surface area contributed by atoms with Crippen LogP contribution in [0.25, 0.3) is 0 Å². The smallest absolute Gasteiger partial charge is 0.223 e. The summed E-state index contributed by atoms with van der Waals surface area (Å²) in [5, 5.41) is 26.2. The van der Waals surface area contributed by atoms with Crippen LogP contribution in [0.15, 0.2) is 42.7 Å². The number of aromatic hydroxyl groups is 1. The van der Waals surface area contributed by atoms with Crippen LogP contribution in [0.2, 0.25) is 0 Å². The van der Waals surface area contributed by atoms with E-state index in [2.05, 4.69) is 21.3 Å². The highest BCUT2D eigenvalue weighted by Crippen LogP contribution is 2.70. The third kappa shape index (κ3) is 2.81. The van der Waals surface area contributed by atoms with Crippen LogP contribution < -0.4 is 5.32 Å². The van der Waals surface area contributed by atoms with Crippen LogP contribution in [-0.4, -0.2) is 50.2 Å². The van der Waals surface area contributed by atoms with Crippen molar-refractivity contribution < 1.29 is 15.0 Å². The van der Waals surface area contributed by atoms with E-state index in [1.165, 1.54) is 18.4 Å². The predicted octanol–water partition coefficient (Wildman–Crippen LogP) is 2.91. The molecule has 1 amide bonds. The van der Waals surface area contributed by atoms with E-state index >= 15 is 0 Å². The Morgan fingerprint density at radius 1 is 1.15 bits per heavy atom. The quantitative estimate of drug-likeness (QED) is 0.640. The Bertz CT molecular complexity index is 1130. The van der Waals surface area contributed by atoms with Gasteiger partial charge in [-0.1, -0.05) is 6.07 Å². The number of pyridine rings is 1. The van der Waals surface area contributed by atoms with Gasteiger partial charge in [-0.2, -0.15) is 0 Å². The number of aryl methyl sites for hydroxylation is 1. The molecule has 178 valence electrons. The summed E-state index contributed by atoms with van der Waals surface area (Å²) in [5.41, 5.74) is 2.00. The molecule has 7 rings (SSSR count). The van der Waals surface area contributed by atoms with Crippen molar-refractivity contribution in [3.63, 3.8) is 0 Å². The van der Waals surface area contributed by atoms with Crippen molar-refractivity contribution in [3.05, 3.63) is 59.4 Å². The van der Waals surface area contributed by atoms with E-state index in [4.69, 9.17) is 0 Å². The molecule has 3 saturated carbocycles. The highest BCUT2D eigenvalue weighted by molar-refractivity contribution is 5.80. The lowest BCUT2D eigenvalue weighted by atomic mass is 9.62. The number of hydrogen-bond donors (Lipinski definition) is 3. The summed E-state index contributed by atoms with van der Waals surface area (Å²) >= 11 is 0. The summed E-state index contributed by atoms with van der Waals surface area (Å²) < 4.78 is 0. The molecule has 1 aromatic heterocycles. The van der Waals surface area contributed by atoms with Crippen molar-refractivity contribution >= 4 is 5.91 Å². The maximum absolute atomic E-state index is 13.4. The van der Waals surface area contributed by atoms with Gasteiger partial charge in [-0.3, -0.25) is 14.7 Å². The van der Waals surface area contributed by atoms with Gasteiger partial charge in [0.1, 0.15) is 5.75 Å². The number of carbonyl (C=O) groups excluding carboxylic acids is 1. The number of amides is 1. The Kier molecular flexibility index (Phi) is 4.47. The minimum atomic E-state index is -0.936. The molecule has 2 bridgehead atoms. The van der Waals surface area contributed by atoms with E-state index in [1.54, 1.807) is 18.5 Å². The number of aliphatic hydroxyl groups is 1. The Labute approximate surface area is 200 Å². The topological polar surface area (TPSA) is 85.7 Å². The van der Waals surface area contributed by atoms with Crippen molar-refractivity contribution in [1.82, 2.24) is 15.2 Å². The third-order valence-electron chi connectivity index (χ3n) is 9.89. The SMILES string of the molecule is O=C(NCc1ccncc1)[C@@H]1CC23c4cc(O)ccc4CCC4C2C[C@@H](N4CC2CC2)[C@]3(O)C1. The fraction of sp³-hybridized carbons (Fsp3) is 0.571. The second-order valence-corrected chi connectivity index (χ2v) is 11.5. The highest BCUT2D eigenvalue weighted by atomic mass is 16.3. The zero-order chi connectivity index (χ0) is 23.1. The first kappa shape index (κ1) is 20.9. The maximum atomic E-state index is 13.4. The van der Waals surface area contributed by atoms with Crippen LogP contribution in [0.5, 0.6) is 5.75 Å². The summed E-state index contributed by atoms with van der Waals surface area (Å²) in [6, 6.07) is 10.1. The van der Waals surface area contributed by atoms with Gasteiger partial charge in [-0.25, -0.2) is 0 Å². The minimum absolute atomic E-state index is 0.0321. The number of rotatable bonds is 5. The lowest BCUT2D eigenvalue weighted by Gasteiger charge is -2.53. The summed E-state index contributed by atoms with van der Waals surface area (Å²) in [6.07, 6.45) is 10.3. The molecule has 5 aliphatic rings. The first-order valence-corrected chi connectivity index (χ1v) is 13.0. The first-order valence-electron chi connectivity index (χ1n) is 13.0. The number of nitrogens with zero attached hydrogens (tertiary/aromatic N) is 2. The largest absolute Gasteiger partial charge is 0.508 e. The standard InChI is InChI=1S/C28H33N3O3/c32-21-5-3-19-4-6-24-23-12-25(31(24)16-18-1-2-18)28(34)14-20(13-27(23,28)22(19)11-21)26(33)30-15-17-7-9-29-10-8-17/h3,5,7-11,18,20,23-25,32,34H,1-2,4,6,12-16H2,(H,30,33)/t20-,23?,24?,25-,27?,28-/m1/s1. The number of piperidine rings is 1. The molecule has 6 atom stereocenters.